The third-order valence-corrected chi connectivity index (χ3v) is 6.16. The second-order valence-corrected chi connectivity index (χ2v) is 8.22. The van der Waals surface area contributed by atoms with E-state index in [0.717, 1.165) is 16.8 Å². The Hall–Kier alpha value is -2.83. The minimum Gasteiger partial charge on any atom is -0.314 e. The van der Waals surface area contributed by atoms with Crippen LogP contribution in [0.3, 0.4) is 0 Å². The SMILES string of the molecule is CN1C(=O)[C@@]2(CC(=O)Nc3c2cnn3Cc2ccc(Cl)cc2)c2cc(Cl)ccc21. The third-order valence-electron chi connectivity index (χ3n) is 5.68. The fraction of sp³-hybridized carbons (Fsp3) is 0.190. The topological polar surface area (TPSA) is 67.2 Å². The molecule has 0 saturated carbocycles. The van der Waals surface area contributed by atoms with Crippen LogP contribution in [0.5, 0.6) is 0 Å². The number of carbonyl (C=O) groups excluding carboxylic acids is 2. The molecule has 0 unspecified atom stereocenters. The molecule has 1 aromatic heterocycles. The number of carbonyl (C=O) groups is 2. The smallest absolute Gasteiger partial charge is 0.242 e. The van der Waals surface area contributed by atoms with Crippen LogP contribution < -0.4 is 10.2 Å². The fourth-order valence-electron chi connectivity index (χ4n) is 4.31. The first-order valence-electron chi connectivity index (χ1n) is 9.09. The van der Waals surface area contributed by atoms with Gasteiger partial charge in [-0.25, -0.2) is 4.68 Å². The van der Waals surface area contributed by atoms with Crippen molar-refractivity contribution in [2.75, 3.05) is 17.3 Å². The molecule has 2 aromatic carbocycles. The summed E-state index contributed by atoms with van der Waals surface area (Å²) >= 11 is 12.2. The molecule has 0 radical (unpaired) electrons. The minimum absolute atomic E-state index is 0.0170. The molecule has 0 bridgehead atoms. The largest absolute Gasteiger partial charge is 0.314 e. The van der Waals surface area contributed by atoms with Gasteiger partial charge in [-0.15, -0.1) is 0 Å². The van der Waals surface area contributed by atoms with Gasteiger partial charge in [0, 0.05) is 34.8 Å². The second-order valence-electron chi connectivity index (χ2n) is 7.35. The summed E-state index contributed by atoms with van der Waals surface area (Å²) < 4.78 is 1.70. The minimum atomic E-state index is -1.12. The van der Waals surface area contributed by atoms with Crippen LogP contribution in [0, 0.1) is 0 Å². The number of amides is 2. The van der Waals surface area contributed by atoms with Gasteiger partial charge in [0.05, 0.1) is 12.7 Å². The zero-order valence-corrected chi connectivity index (χ0v) is 17.0. The lowest BCUT2D eigenvalue weighted by Crippen LogP contribution is -2.45. The number of benzene rings is 2. The zero-order chi connectivity index (χ0) is 20.3. The quantitative estimate of drug-likeness (QED) is 0.676. The molecule has 2 aliphatic heterocycles. The molecule has 6 nitrogen and oxygen atoms in total. The number of rotatable bonds is 2. The fourth-order valence-corrected chi connectivity index (χ4v) is 4.61. The predicted octanol–water partition coefficient (Wildman–Crippen LogP) is 3.84. The lowest BCUT2D eigenvalue weighted by molar-refractivity contribution is -0.126. The van der Waals surface area contributed by atoms with Crippen molar-refractivity contribution < 1.29 is 9.59 Å². The molecule has 1 N–H and O–H groups in total. The van der Waals surface area contributed by atoms with Crippen LogP contribution in [-0.4, -0.2) is 28.6 Å². The van der Waals surface area contributed by atoms with Crippen molar-refractivity contribution in [3.05, 3.63) is 75.4 Å². The number of anilines is 2. The molecule has 1 spiro atoms. The van der Waals surface area contributed by atoms with E-state index in [9.17, 15) is 9.59 Å². The summed E-state index contributed by atoms with van der Waals surface area (Å²) in [5, 5.41) is 8.56. The molecule has 5 rings (SSSR count). The molecule has 0 fully saturated rings. The molecule has 1 atom stereocenters. The molecule has 3 aromatic rings. The second kappa shape index (κ2) is 6.34. The van der Waals surface area contributed by atoms with Crippen LogP contribution in [0.15, 0.2) is 48.7 Å². The van der Waals surface area contributed by atoms with Crippen LogP contribution in [-0.2, 0) is 21.5 Å². The molecule has 2 aliphatic rings. The van der Waals surface area contributed by atoms with Crippen molar-refractivity contribution in [1.82, 2.24) is 9.78 Å². The van der Waals surface area contributed by atoms with Gasteiger partial charge < -0.3 is 10.2 Å². The Morgan fingerprint density at radius 3 is 2.55 bits per heavy atom. The Morgan fingerprint density at radius 1 is 1.07 bits per heavy atom. The average Bonchev–Trinajstić information content (AvgIpc) is 3.18. The highest BCUT2D eigenvalue weighted by Crippen LogP contribution is 2.52. The zero-order valence-electron chi connectivity index (χ0n) is 15.4. The number of hydrogen-bond acceptors (Lipinski definition) is 3. The van der Waals surface area contributed by atoms with Gasteiger partial charge >= 0.3 is 0 Å². The van der Waals surface area contributed by atoms with Crippen molar-refractivity contribution in [2.24, 2.45) is 0 Å². The Balaban J connectivity index is 1.67. The summed E-state index contributed by atoms with van der Waals surface area (Å²) in [6.45, 7) is 0.440. The highest BCUT2D eigenvalue weighted by Gasteiger charge is 2.56. The Kier molecular flexibility index (Phi) is 3.98. The van der Waals surface area contributed by atoms with Crippen LogP contribution in [0.2, 0.25) is 10.0 Å². The molecule has 2 amide bonds. The van der Waals surface area contributed by atoms with E-state index in [1.54, 1.807) is 47.1 Å². The normalized spacial score (nSPS) is 20.0. The first kappa shape index (κ1) is 18.2. The maximum Gasteiger partial charge on any atom is 0.242 e. The molecule has 0 saturated heterocycles. The maximum atomic E-state index is 13.4. The summed E-state index contributed by atoms with van der Waals surface area (Å²) in [7, 11) is 1.72. The number of halogens is 2. The van der Waals surface area contributed by atoms with E-state index >= 15 is 0 Å². The summed E-state index contributed by atoms with van der Waals surface area (Å²) in [4.78, 5) is 27.7. The van der Waals surface area contributed by atoms with Crippen molar-refractivity contribution >= 4 is 46.5 Å². The van der Waals surface area contributed by atoms with Gasteiger partial charge in [-0.1, -0.05) is 35.3 Å². The first-order valence-corrected chi connectivity index (χ1v) is 9.84. The van der Waals surface area contributed by atoms with Gasteiger partial charge in [0.1, 0.15) is 11.2 Å². The van der Waals surface area contributed by atoms with Gasteiger partial charge in [0.2, 0.25) is 11.8 Å². The molecule has 3 heterocycles. The number of nitrogens with zero attached hydrogens (tertiary/aromatic N) is 3. The van der Waals surface area contributed by atoms with Crippen molar-refractivity contribution in [3.63, 3.8) is 0 Å². The number of aromatic nitrogens is 2. The maximum absolute atomic E-state index is 13.4. The molecular weight excluding hydrogens is 411 g/mol. The molecule has 146 valence electrons. The van der Waals surface area contributed by atoms with Crippen LogP contribution in [0.25, 0.3) is 0 Å². The van der Waals surface area contributed by atoms with Gasteiger partial charge in [-0.2, -0.15) is 5.10 Å². The average molecular weight is 427 g/mol. The van der Waals surface area contributed by atoms with E-state index < -0.39 is 5.41 Å². The molecular formula is C21H16Cl2N4O2. The summed E-state index contributed by atoms with van der Waals surface area (Å²) in [5.74, 6) is 0.146. The van der Waals surface area contributed by atoms with Crippen molar-refractivity contribution in [3.8, 4) is 0 Å². The number of nitrogens with one attached hydrogen (secondary N) is 1. The number of likely N-dealkylation sites (N-methyl/N-ethyl adjacent to an activating group) is 1. The van der Waals surface area contributed by atoms with E-state index in [1.165, 1.54) is 0 Å². The van der Waals surface area contributed by atoms with Gasteiger partial charge in [0.15, 0.2) is 0 Å². The monoisotopic (exact) mass is 426 g/mol. The first-order chi connectivity index (χ1) is 13.9. The van der Waals surface area contributed by atoms with Crippen LogP contribution >= 0.6 is 23.2 Å². The van der Waals surface area contributed by atoms with Crippen molar-refractivity contribution in [2.45, 2.75) is 18.4 Å². The summed E-state index contributed by atoms with van der Waals surface area (Å²) in [6.07, 6.45) is 1.69. The standard InChI is InChI=1S/C21H16Cl2N4O2/c1-26-17-7-6-14(23)8-15(17)21(20(26)29)9-18(28)25-19-16(21)10-24-27(19)11-12-2-4-13(22)5-3-12/h2-8,10H,9,11H2,1H3,(H,25,28)/t21-/m0/s1. The summed E-state index contributed by atoms with van der Waals surface area (Å²) in [6, 6.07) is 12.8. The highest BCUT2D eigenvalue weighted by molar-refractivity contribution is 6.31. The van der Waals surface area contributed by atoms with Crippen LogP contribution in [0.1, 0.15) is 23.1 Å². The van der Waals surface area contributed by atoms with Gasteiger partial charge in [0.25, 0.3) is 0 Å². The third kappa shape index (κ3) is 2.59. The number of hydrogen-bond donors (Lipinski definition) is 1. The van der Waals surface area contributed by atoms with Crippen LogP contribution in [0.4, 0.5) is 11.5 Å². The lowest BCUT2D eigenvalue weighted by Gasteiger charge is -2.32. The van der Waals surface area contributed by atoms with E-state index in [2.05, 4.69) is 10.4 Å². The van der Waals surface area contributed by atoms with E-state index in [-0.39, 0.29) is 18.2 Å². The number of fused-ring (bicyclic) bond motifs is 4. The Morgan fingerprint density at radius 2 is 1.79 bits per heavy atom. The van der Waals surface area contributed by atoms with E-state index in [0.29, 0.717) is 28.0 Å². The Bertz CT molecular complexity index is 1170. The molecule has 0 aliphatic carbocycles. The van der Waals surface area contributed by atoms with Crippen molar-refractivity contribution in [1.29, 1.82) is 0 Å². The predicted molar refractivity (Wildman–Crippen MR) is 112 cm³/mol. The van der Waals surface area contributed by atoms with E-state index in [4.69, 9.17) is 23.2 Å². The van der Waals surface area contributed by atoms with Gasteiger partial charge in [-0.3, -0.25) is 9.59 Å². The lowest BCUT2D eigenvalue weighted by atomic mass is 9.72. The molecule has 29 heavy (non-hydrogen) atoms. The summed E-state index contributed by atoms with van der Waals surface area (Å²) in [5.41, 5.74) is 2.03. The van der Waals surface area contributed by atoms with Gasteiger partial charge in [-0.05, 0) is 41.5 Å². The highest BCUT2D eigenvalue weighted by atomic mass is 35.5. The molecule has 8 heteroatoms. The Labute approximate surface area is 177 Å². The van der Waals surface area contributed by atoms with E-state index in [1.807, 2.05) is 18.2 Å².